The van der Waals surface area contributed by atoms with Crippen LogP contribution in [0.1, 0.15) is 16.7 Å². The van der Waals surface area contributed by atoms with Crippen molar-refractivity contribution in [2.75, 3.05) is 20.2 Å². The Hall–Kier alpha value is -2.52. The zero-order valence-corrected chi connectivity index (χ0v) is 14.5. The van der Waals surface area contributed by atoms with Gasteiger partial charge in [0, 0.05) is 19.6 Å². The number of ether oxygens (including phenoxy) is 1. The summed E-state index contributed by atoms with van der Waals surface area (Å²) in [5.41, 5.74) is 3.90. The lowest BCUT2D eigenvalue weighted by molar-refractivity contribution is 0.256. The van der Waals surface area contributed by atoms with Crippen molar-refractivity contribution in [1.29, 1.82) is 0 Å². The Morgan fingerprint density at radius 1 is 1.04 bits per heavy atom. The van der Waals surface area contributed by atoms with Gasteiger partial charge in [0.1, 0.15) is 0 Å². The maximum Gasteiger partial charge on any atom is 0.160 e. The first-order valence-corrected chi connectivity index (χ1v) is 8.82. The van der Waals surface area contributed by atoms with Gasteiger partial charge in [0.05, 0.1) is 7.11 Å². The van der Waals surface area contributed by atoms with Crippen molar-refractivity contribution in [3.63, 3.8) is 0 Å². The summed E-state index contributed by atoms with van der Waals surface area (Å²) in [5.74, 6) is 0.806. The molecule has 1 aliphatic heterocycles. The second kappa shape index (κ2) is 6.77. The zero-order chi connectivity index (χ0) is 17.2. The van der Waals surface area contributed by atoms with Crippen molar-refractivity contribution in [2.45, 2.75) is 19.4 Å². The highest BCUT2D eigenvalue weighted by Gasteiger charge is 2.18. The van der Waals surface area contributed by atoms with Crippen molar-refractivity contribution in [3.8, 4) is 11.5 Å². The van der Waals surface area contributed by atoms with E-state index in [-0.39, 0.29) is 5.75 Å². The minimum absolute atomic E-state index is 0.233. The summed E-state index contributed by atoms with van der Waals surface area (Å²) in [6.45, 7) is 2.96. The predicted molar refractivity (Wildman–Crippen MR) is 101 cm³/mol. The van der Waals surface area contributed by atoms with Gasteiger partial charge >= 0.3 is 0 Å². The number of benzene rings is 3. The van der Waals surface area contributed by atoms with Crippen LogP contribution in [0.5, 0.6) is 11.5 Å². The van der Waals surface area contributed by atoms with E-state index in [4.69, 9.17) is 4.74 Å². The van der Waals surface area contributed by atoms with Crippen LogP contribution < -0.4 is 4.74 Å². The summed E-state index contributed by atoms with van der Waals surface area (Å²) in [4.78, 5) is 2.47. The minimum Gasteiger partial charge on any atom is -0.504 e. The van der Waals surface area contributed by atoms with E-state index in [2.05, 4.69) is 47.4 Å². The number of aromatic hydroxyl groups is 1. The molecule has 0 aromatic heterocycles. The number of phenolic OH excluding ortho intramolecular Hbond substituents is 1. The van der Waals surface area contributed by atoms with Crippen LogP contribution in [0.4, 0.5) is 0 Å². The number of fused-ring (bicyclic) bond motifs is 2. The molecule has 0 bridgehead atoms. The molecule has 0 spiro atoms. The molecule has 3 nitrogen and oxygen atoms in total. The number of nitrogens with zero attached hydrogens (tertiary/aromatic N) is 1. The van der Waals surface area contributed by atoms with Crippen LogP contribution in [-0.2, 0) is 19.4 Å². The molecule has 1 aliphatic rings. The van der Waals surface area contributed by atoms with Crippen molar-refractivity contribution in [1.82, 2.24) is 4.90 Å². The van der Waals surface area contributed by atoms with Crippen molar-refractivity contribution in [3.05, 3.63) is 71.3 Å². The molecule has 0 aliphatic carbocycles. The molecule has 1 N–H and O–H groups in total. The Morgan fingerprint density at radius 3 is 2.76 bits per heavy atom. The van der Waals surface area contributed by atoms with Crippen molar-refractivity contribution >= 4 is 10.8 Å². The quantitative estimate of drug-likeness (QED) is 0.778. The number of phenols is 1. The van der Waals surface area contributed by atoms with Gasteiger partial charge in [-0.2, -0.15) is 0 Å². The number of hydrogen-bond acceptors (Lipinski definition) is 3. The van der Waals surface area contributed by atoms with Gasteiger partial charge in [0.2, 0.25) is 0 Å². The van der Waals surface area contributed by atoms with E-state index in [0.29, 0.717) is 5.75 Å². The fourth-order valence-corrected chi connectivity index (χ4v) is 3.78. The Balaban J connectivity index is 1.48. The molecule has 0 unspecified atom stereocenters. The molecule has 1 heterocycles. The average molecular weight is 333 g/mol. The smallest absolute Gasteiger partial charge is 0.160 e. The van der Waals surface area contributed by atoms with Crippen LogP contribution in [0.15, 0.2) is 54.6 Å². The minimum atomic E-state index is 0.233. The summed E-state index contributed by atoms with van der Waals surface area (Å²) >= 11 is 0. The molecule has 128 valence electrons. The molecule has 0 fully saturated rings. The first-order valence-electron chi connectivity index (χ1n) is 8.82. The first kappa shape index (κ1) is 16.0. The monoisotopic (exact) mass is 333 g/mol. The molecule has 0 radical (unpaired) electrons. The highest BCUT2D eigenvalue weighted by molar-refractivity contribution is 5.85. The SMILES string of the molecule is COc1cc2c(cc1O)CN(CCc1cccc3ccccc13)CC2. The molecular formula is C22H23NO2. The molecular weight excluding hydrogens is 310 g/mol. The molecule has 0 atom stereocenters. The van der Waals surface area contributed by atoms with Gasteiger partial charge in [0.15, 0.2) is 11.5 Å². The number of methoxy groups -OCH3 is 1. The first-order chi connectivity index (χ1) is 12.2. The highest BCUT2D eigenvalue weighted by atomic mass is 16.5. The van der Waals surface area contributed by atoms with E-state index in [9.17, 15) is 5.11 Å². The van der Waals surface area contributed by atoms with Gasteiger partial charge in [-0.05, 0) is 52.4 Å². The topological polar surface area (TPSA) is 32.7 Å². The van der Waals surface area contributed by atoms with Crippen LogP contribution in [0.25, 0.3) is 10.8 Å². The predicted octanol–water partition coefficient (Wildman–Crippen LogP) is 4.15. The maximum atomic E-state index is 10.0. The third-order valence-electron chi connectivity index (χ3n) is 5.17. The molecule has 4 rings (SSSR count). The summed E-state index contributed by atoms with van der Waals surface area (Å²) in [6.07, 6.45) is 2.04. The summed E-state index contributed by atoms with van der Waals surface area (Å²) < 4.78 is 5.22. The van der Waals surface area contributed by atoms with E-state index in [1.807, 2.05) is 12.1 Å². The Morgan fingerprint density at radius 2 is 1.88 bits per heavy atom. The van der Waals surface area contributed by atoms with E-state index >= 15 is 0 Å². The Bertz CT molecular complexity index is 898. The lowest BCUT2D eigenvalue weighted by Crippen LogP contribution is -2.32. The average Bonchev–Trinajstić information content (AvgIpc) is 2.65. The summed E-state index contributed by atoms with van der Waals surface area (Å²) in [5, 5.41) is 12.7. The van der Waals surface area contributed by atoms with Crippen LogP contribution in [0, 0.1) is 0 Å². The normalized spacial score (nSPS) is 14.4. The van der Waals surface area contributed by atoms with Gasteiger partial charge in [-0.1, -0.05) is 42.5 Å². The van der Waals surface area contributed by atoms with E-state index < -0.39 is 0 Å². The largest absolute Gasteiger partial charge is 0.504 e. The molecule has 25 heavy (non-hydrogen) atoms. The van der Waals surface area contributed by atoms with E-state index in [1.54, 1.807) is 7.11 Å². The highest BCUT2D eigenvalue weighted by Crippen LogP contribution is 2.32. The summed E-state index contributed by atoms with van der Waals surface area (Å²) in [7, 11) is 1.60. The van der Waals surface area contributed by atoms with Crippen molar-refractivity contribution in [2.24, 2.45) is 0 Å². The van der Waals surface area contributed by atoms with Crippen LogP contribution >= 0.6 is 0 Å². The second-order valence-electron chi connectivity index (χ2n) is 6.71. The van der Waals surface area contributed by atoms with Gasteiger partial charge in [-0.15, -0.1) is 0 Å². The lowest BCUT2D eigenvalue weighted by Gasteiger charge is -2.29. The second-order valence-corrected chi connectivity index (χ2v) is 6.71. The van der Waals surface area contributed by atoms with Gasteiger partial charge in [-0.25, -0.2) is 0 Å². The Labute approximate surface area is 148 Å². The number of rotatable bonds is 4. The third kappa shape index (κ3) is 3.20. The lowest BCUT2D eigenvalue weighted by atomic mass is 9.97. The third-order valence-corrected chi connectivity index (χ3v) is 5.17. The van der Waals surface area contributed by atoms with Crippen LogP contribution in [0.2, 0.25) is 0 Å². The fourth-order valence-electron chi connectivity index (χ4n) is 3.78. The van der Waals surface area contributed by atoms with E-state index in [1.165, 1.54) is 27.5 Å². The standard InChI is InChI=1S/C22H23NO2/c1-25-22-14-18-10-12-23(15-19(18)13-21(22)24)11-9-17-7-4-6-16-5-2-3-8-20(16)17/h2-8,13-14,24H,9-12,15H2,1H3. The molecule has 0 saturated heterocycles. The van der Waals surface area contributed by atoms with Crippen LogP contribution in [0.3, 0.4) is 0 Å². The molecule has 3 aromatic rings. The summed E-state index contributed by atoms with van der Waals surface area (Å²) in [6, 6.07) is 19.0. The maximum absolute atomic E-state index is 10.0. The van der Waals surface area contributed by atoms with Crippen molar-refractivity contribution < 1.29 is 9.84 Å². The zero-order valence-electron chi connectivity index (χ0n) is 14.5. The molecule has 3 heteroatoms. The Kier molecular flexibility index (Phi) is 4.33. The van der Waals surface area contributed by atoms with Crippen LogP contribution in [-0.4, -0.2) is 30.2 Å². The van der Waals surface area contributed by atoms with Gasteiger partial charge in [0.25, 0.3) is 0 Å². The number of hydrogen-bond donors (Lipinski definition) is 1. The van der Waals surface area contributed by atoms with Gasteiger partial charge < -0.3 is 9.84 Å². The molecule has 0 amide bonds. The van der Waals surface area contributed by atoms with E-state index in [0.717, 1.165) is 32.5 Å². The van der Waals surface area contributed by atoms with Gasteiger partial charge in [-0.3, -0.25) is 4.90 Å². The molecule has 3 aromatic carbocycles. The molecule has 0 saturated carbocycles. The fraction of sp³-hybridized carbons (Fsp3) is 0.273.